The largest absolute Gasteiger partial charge is 0.481 e. The van der Waals surface area contributed by atoms with Gasteiger partial charge in [-0.3, -0.25) is 4.79 Å². The summed E-state index contributed by atoms with van der Waals surface area (Å²) < 4.78 is 0. The van der Waals surface area contributed by atoms with E-state index in [2.05, 4.69) is 20.8 Å². The number of carbonyl (C=O) groups is 1. The summed E-state index contributed by atoms with van der Waals surface area (Å²) in [5, 5.41) is 9.52. The van der Waals surface area contributed by atoms with Gasteiger partial charge in [-0.1, -0.05) is 75.4 Å². The third-order valence-corrected chi connectivity index (χ3v) is 3.76. The van der Waals surface area contributed by atoms with Crippen molar-refractivity contribution in [1.82, 2.24) is 0 Å². The third kappa shape index (κ3) is 3.94. The summed E-state index contributed by atoms with van der Waals surface area (Å²) in [6.07, 6.45) is 0.519. The first-order valence-corrected chi connectivity index (χ1v) is 7.25. The number of carboxylic acid groups (broad SMARTS) is 1. The molecule has 2 aromatic carbocycles. The van der Waals surface area contributed by atoms with Gasteiger partial charge >= 0.3 is 5.97 Å². The van der Waals surface area contributed by atoms with Crippen molar-refractivity contribution >= 4 is 5.97 Å². The number of carboxylic acids is 1. The monoisotopic (exact) mass is 282 g/mol. The second kappa shape index (κ2) is 6.13. The van der Waals surface area contributed by atoms with E-state index in [4.69, 9.17) is 0 Å². The summed E-state index contributed by atoms with van der Waals surface area (Å²) in [4.78, 5) is 11.6. The molecule has 0 bridgehead atoms. The van der Waals surface area contributed by atoms with Crippen molar-refractivity contribution in [3.8, 4) is 0 Å². The van der Waals surface area contributed by atoms with Gasteiger partial charge in [-0.15, -0.1) is 0 Å². The number of rotatable bonds is 4. The Morgan fingerprint density at radius 2 is 1.57 bits per heavy atom. The van der Waals surface area contributed by atoms with E-state index in [0.29, 0.717) is 6.42 Å². The van der Waals surface area contributed by atoms with E-state index in [1.807, 2.05) is 54.6 Å². The quantitative estimate of drug-likeness (QED) is 0.902. The van der Waals surface area contributed by atoms with Crippen LogP contribution in [0.3, 0.4) is 0 Å². The van der Waals surface area contributed by atoms with E-state index in [9.17, 15) is 9.90 Å². The van der Waals surface area contributed by atoms with Crippen LogP contribution in [0.5, 0.6) is 0 Å². The molecule has 2 aromatic rings. The molecule has 0 aliphatic carbocycles. The molecule has 2 rings (SSSR count). The SMILES string of the molecule is CC(C)(C)c1ccc(C(Cc2ccccc2)C(=O)O)cc1. The first-order chi connectivity index (χ1) is 9.88. The van der Waals surface area contributed by atoms with Gasteiger partial charge in [-0.2, -0.15) is 0 Å². The van der Waals surface area contributed by atoms with Crippen LogP contribution in [0.15, 0.2) is 54.6 Å². The zero-order valence-electron chi connectivity index (χ0n) is 12.8. The molecule has 0 heterocycles. The van der Waals surface area contributed by atoms with Crippen molar-refractivity contribution in [3.05, 3.63) is 71.3 Å². The van der Waals surface area contributed by atoms with Crippen LogP contribution in [0.4, 0.5) is 0 Å². The van der Waals surface area contributed by atoms with Crippen LogP contribution in [-0.2, 0) is 16.6 Å². The van der Waals surface area contributed by atoms with Crippen molar-refractivity contribution in [1.29, 1.82) is 0 Å². The fraction of sp³-hybridized carbons (Fsp3) is 0.316. The highest BCUT2D eigenvalue weighted by Crippen LogP contribution is 2.26. The summed E-state index contributed by atoms with van der Waals surface area (Å²) in [7, 11) is 0. The van der Waals surface area contributed by atoms with Crippen LogP contribution in [0.1, 0.15) is 43.4 Å². The molecule has 0 saturated heterocycles. The highest BCUT2D eigenvalue weighted by molar-refractivity contribution is 5.76. The van der Waals surface area contributed by atoms with Gasteiger partial charge < -0.3 is 5.11 Å². The predicted molar refractivity (Wildman–Crippen MR) is 85.7 cm³/mol. The molecule has 0 radical (unpaired) electrons. The van der Waals surface area contributed by atoms with Gasteiger partial charge in [-0.25, -0.2) is 0 Å². The highest BCUT2D eigenvalue weighted by atomic mass is 16.4. The van der Waals surface area contributed by atoms with Crippen LogP contribution >= 0.6 is 0 Å². The summed E-state index contributed by atoms with van der Waals surface area (Å²) >= 11 is 0. The van der Waals surface area contributed by atoms with E-state index < -0.39 is 11.9 Å². The Hall–Kier alpha value is -2.09. The van der Waals surface area contributed by atoms with Gasteiger partial charge in [0.1, 0.15) is 0 Å². The van der Waals surface area contributed by atoms with Crippen molar-refractivity contribution in [2.75, 3.05) is 0 Å². The Labute approximate surface area is 126 Å². The maximum atomic E-state index is 11.6. The molecule has 0 aliphatic rings. The lowest BCUT2D eigenvalue weighted by Crippen LogP contribution is -2.15. The highest BCUT2D eigenvalue weighted by Gasteiger charge is 2.21. The molecule has 0 aliphatic heterocycles. The molecule has 2 nitrogen and oxygen atoms in total. The molecule has 1 unspecified atom stereocenters. The molecule has 1 N–H and O–H groups in total. The summed E-state index contributed by atoms with van der Waals surface area (Å²) in [6.45, 7) is 6.46. The second-order valence-electron chi connectivity index (χ2n) is 6.45. The van der Waals surface area contributed by atoms with Crippen molar-refractivity contribution in [2.24, 2.45) is 0 Å². The Bertz CT molecular complexity index is 592. The third-order valence-electron chi connectivity index (χ3n) is 3.76. The van der Waals surface area contributed by atoms with E-state index in [1.54, 1.807) is 0 Å². The Morgan fingerprint density at radius 3 is 2.05 bits per heavy atom. The van der Waals surface area contributed by atoms with Gasteiger partial charge in [0, 0.05) is 0 Å². The fourth-order valence-corrected chi connectivity index (χ4v) is 2.41. The van der Waals surface area contributed by atoms with Gasteiger partial charge in [0.2, 0.25) is 0 Å². The molecular formula is C19H22O2. The standard InChI is InChI=1S/C19H22O2/c1-19(2,3)16-11-9-15(10-12-16)17(18(20)21)13-14-7-5-4-6-8-14/h4-12,17H,13H2,1-3H3,(H,20,21). The second-order valence-corrected chi connectivity index (χ2v) is 6.45. The first kappa shape index (κ1) is 15.3. The average Bonchev–Trinajstić information content (AvgIpc) is 2.45. The number of hydrogen-bond donors (Lipinski definition) is 1. The van der Waals surface area contributed by atoms with Crippen LogP contribution in [0.2, 0.25) is 0 Å². The molecule has 2 heteroatoms. The minimum atomic E-state index is -0.776. The molecule has 0 saturated carbocycles. The Kier molecular flexibility index (Phi) is 4.46. The van der Waals surface area contributed by atoms with Crippen molar-refractivity contribution < 1.29 is 9.90 Å². The van der Waals surface area contributed by atoms with Gasteiger partial charge in [0.05, 0.1) is 5.92 Å². The van der Waals surface area contributed by atoms with Gasteiger partial charge in [0.25, 0.3) is 0 Å². The Balaban J connectivity index is 2.25. The zero-order valence-corrected chi connectivity index (χ0v) is 12.8. The van der Waals surface area contributed by atoms with Crippen molar-refractivity contribution in [3.63, 3.8) is 0 Å². The number of benzene rings is 2. The predicted octanol–water partition coefficient (Wildman–Crippen LogP) is 4.40. The molecule has 110 valence electrons. The minimum Gasteiger partial charge on any atom is -0.481 e. The van der Waals surface area contributed by atoms with E-state index in [-0.39, 0.29) is 5.41 Å². The molecule has 0 fully saturated rings. The molecule has 0 aromatic heterocycles. The minimum absolute atomic E-state index is 0.0800. The summed E-state index contributed by atoms with van der Waals surface area (Å²) in [5.41, 5.74) is 3.20. The maximum Gasteiger partial charge on any atom is 0.311 e. The summed E-state index contributed by atoms with van der Waals surface area (Å²) in [6, 6.07) is 17.7. The maximum absolute atomic E-state index is 11.6. The molecule has 21 heavy (non-hydrogen) atoms. The zero-order chi connectivity index (χ0) is 15.5. The molecule has 0 amide bonds. The summed E-state index contributed by atoms with van der Waals surface area (Å²) in [5.74, 6) is -1.27. The molecular weight excluding hydrogens is 260 g/mol. The number of hydrogen-bond acceptors (Lipinski definition) is 1. The van der Waals surface area contributed by atoms with Crippen LogP contribution in [0.25, 0.3) is 0 Å². The van der Waals surface area contributed by atoms with Crippen molar-refractivity contribution in [2.45, 2.75) is 38.5 Å². The molecule has 1 atom stereocenters. The van der Waals surface area contributed by atoms with E-state index >= 15 is 0 Å². The van der Waals surface area contributed by atoms with Crippen LogP contribution < -0.4 is 0 Å². The lowest BCUT2D eigenvalue weighted by molar-refractivity contribution is -0.138. The van der Waals surface area contributed by atoms with Gasteiger partial charge in [0.15, 0.2) is 0 Å². The van der Waals surface area contributed by atoms with E-state index in [1.165, 1.54) is 5.56 Å². The topological polar surface area (TPSA) is 37.3 Å². The fourth-order valence-electron chi connectivity index (χ4n) is 2.41. The average molecular weight is 282 g/mol. The lowest BCUT2D eigenvalue weighted by Gasteiger charge is -2.20. The first-order valence-electron chi connectivity index (χ1n) is 7.25. The molecule has 0 spiro atoms. The van der Waals surface area contributed by atoms with E-state index in [0.717, 1.165) is 11.1 Å². The number of aliphatic carboxylic acids is 1. The Morgan fingerprint density at radius 1 is 1.00 bits per heavy atom. The van der Waals surface area contributed by atoms with Crippen LogP contribution in [0, 0.1) is 0 Å². The smallest absolute Gasteiger partial charge is 0.311 e. The lowest BCUT2D eigenvalue weighted by atomic mass is 9.84. The van der Waals surface area contributed by atoms with Gasteiger partial charge in [-0.05, 0) is 28.5 Å². The van der Waals surface area contributed by atoms with Crippen LogP contribution in [-0.4, -0.2) is 11.1 Å². The normalized spacial score (nSPS) is 12.9.